The van der Waals surface area contributed by atoms with E-state index in [1.165, 1.54) is 0 Å². The molecular weight excluding hydrogens is 324 g/mol. The molecule has 0 fully saturated rings. The van der Waals surface area contributed by atoms with E-state index in [0.29, 0.717) is 22.9 Å². The molecule has 1 aromatic carbocycles. The molecule has 0 saturated heterocycles. The van der Waals surface area contributed by atoms with Gasteiger partial charge < -0.3 is 18.7 Å². The highest BCUT2D eigenvalue weighted by molar-refractivity contribution is 5.72. The summed E-state index contributed by atoms with van der Waals surface area (Å²) in [5.41, 5.74) is 0.669. The van der Waals surface area contributed by atoms with E-state index in [2.05, 4.69) is 16.2 Å². The largest absolute Gasteiger partial charge is 0.497 e. The molecule has 25 heavy (non-hydrogen) atoms. The zero-order valence-corrected chi connectivity index (χ0v) is 14.2. The summed E-state index contributed by atoms with van der Waals surface area (Å²) in [5, 5.41) is 3.93. The zero-order chi connectivity index (χ0) is 17.6. The summed E-state index contributed by atoms with van der Waals surface area (Å²) in [4.78, 5) is 16.3. The third-order valence-corrected chi connectivity index (χ3v) is 4.06. The molecule has 0 radical (unpaired) electrons. The third-order valence-electron chi connectivity index (χ3n) is 4.06. The molecule has 0 spiro atoms. The van der Waals surface area contributed by atoms with E-state index in [-0.39, 0.29) is 24.4 Å². The van der Waals surface area contributed by atoms with Crippen molar-refractivity contribution in [1.29, 1.82) is 0 Å². The average molecular weight is 344 g/mol. The standard InChI is InChI=1S/C18H20N2O5/c1-22-13-8-9-14(15(10-13)23-2)17-19-16(25-20-17)11-24-18(21)12-6-4-3-5-7-12/h3-4,8-10,12H,5-7,11H2,1-2H3/t12-/m0/s1. The molecule has 0 unspecified atom stereocenters. The molecule has 0 amide bonds. The van der Waals surface area contributed by atoms with E-state index in [1.807, 2.05) is 6.08 Å². The van der Waals surface area contributed by atoms with Crippen molar-refractivity contribution in [2.75, 3.05) is 14.2 Å². The second-order valence-electron chi connectivity index (χ2n) is 5.67. The fourth-order valence-corrected chi connectivity index (χ4v) is 2.66. The topological polar surface area (TPSA) is 83.7 Å². The summed E-state index contributed by atoms with van der Waals surface area (Å²) in [6.45, 7) is -0.0372. The van der Waals surface area contributed by atoms with Crippen LogP contribution >= 0.6 is 0 Å². The molecule has 1 aliphatic rings. The molecule has 1 heterocycles. The van der Waals surface area contributed by atoms with Gasteiger partial charge in [0.25, 0.3) is 5.89 Å². The van der Waals surface area contributed by atoms with Crippen LogP contribution in [0.2, 0.25) is 0 Å². The van der Waals surface area contributed by atoms with Crippen LogP contribution in [0.5, 0.6) is 11.5 Å². The number of nitrogens with zero attached hydrogens (tertiary/aromatic N) is 2. The number of hydrogen-bond donors (Lipinski definition) is 0. The number of allylic oxidation sites excluding steroid dienone is 2. The van der Waals surface area contributed by atoms with E-state index < -0.39 is 0 Å². The first kappa shape index (κ1) is 17.0. The molecule has 1 aromatic heterocycles. The van der Waals surface area contributed by atoms with Crippen molar-refractivity contribution in [1.82, 2.24) is 10.1 Å². The van der Waals surface area contributed by atoms with Crippen molar-refractivity contribution >= 4 is 5.97 Å². The summed E-state index contributed by atoms with van der Waals surface area (Å²) >= 11 is 0. The first-order valence-electron chi connectivity index (χ1n) is 8.08. The maximum absolute atomic E-state index is 12.0. The maximum Gasteiger partial charge on any atom is 0.309 e. The lowest BCUT2D eigenvalue weighted by atomic mass is 9.95. The van der Waals surface area contributed by atoms with Crippen LogP contribution in [0.4, 0.5) is 0 Å². The van der Waals surface area contributed by atoms with Gasteiger partial charge >= 0.3 is 5.97 Å². The quantitative estimate of drug-likeness (QED) is 0.588. The van der Waals surface area contributed by atoms with Crippen molar-refractivity contribution in [3.8, 4) is 22.9 Å². The lowest BCUT2D eigenvalue weighted by Crippen LogP contribution is -2.18. The Morgan fingerprint density at radius 2 is 2.16 bits per heavy atom. The highest BCUT2D eigenvalue weighted by Crippen LogP contribution is 2.31. The normalized spacial score (nSPS) is 16.5. The molecular formula is C18H20N2O5. The SMILES string of the molecule is COc1ccc(-c2noc(COC(=O)[C@H]3CC=CCC3)n2)c(OC)c1. The summed E-state index contributed by atoms with van der Waals surface area (Å²) in [6.07, 6.45) is 6.53. The Labute approximate surface area is 145 Å². The molecule has 0 bridgehead atoms. The second-order valence-corrected chi connectivity index (χ2v) is 5.67. The van der Waals surface area contributed by atoms with Crippen LogP contribution < -0.4 is 9.47 Å². The smallest absolute Gasteiger partial charge is 0.309 e. The minimum absolute atomic E-state index is 0.0372. The van der Waals surface area contributed by atoms with Crippen LogP contribution in [0.15, 0.2) is 34.9 Å². The Balaban J connectivity index is 1.66. The number of rotatable bonds is 6. The Morgan fingerprint density at radius 1 is 1.28 bits per heavy atom. The predicted molar refractivity (Wildman–Crippen MR) is 89.1 cm³/mol. The van der Waals surface area contributed by atoms with Gasteiger partial charge in [-0.05, 0) is 31.4 Å². The fourth-order valence-electron chi connectivity index (χ4n) is 2.66. The molecule has 3 rings (SSSR count). The average Bonchev–Trinajstić information content (AvgIpc) is 3.15. The molecule has 0 aliphatic heterocycles. The summed E-state index contributed by atoms with van der Waals surface area (Å²) in [6, 6.07) is 5.30. The zero-order valence-electron chi connectivity index (χ0n) is 14.2. The fraction of sp³-hybridized carbons (Fsp3) is 0.389. The van der Waals surface area contributed by atoms with E-state index in [0.717, 1.165) is 19.3 Å². The van der Waals surface area contributed by atoms with E-state index in [1.54, 1.807) is 32.4 Å². The number of esters is 1. The Kier molecular flexibility index (Phi) is 5.33. The number of carbonyl (C=O) groups excluding carboxylic acids is 1. The first-order valence-corrected chi connectivity index (χ1v) is 8.08. The van der Waals surface area contributed by atoms with Crippen LogP contribution in [0.25, 0.3) is 11.4 Å². The predicted octanol–water partition coefficient (Wildman–Crippen LogP) is 3.15. The van der Waals surface area contributed by atoms with E-state index in [9.17, 15) is 4.79 Å². The molecule has 7 nitrogen and oxygen atoms in total. The Morgan fingerprint density at radius 3 is 2.88 bits per heavy atom. The van der Waals surface area contributed by atoms with Crippen LogP contribution in [0.1, 0.15) is 25.2 Å². The summed E-state index contributed by atoms with van der Waals surface area (Å²) < 4.78 is 21.0. The van der Waals surface area contributed by atoms with Gasteiger partial charge in [0.2, 0.25) is 5.82 Å². The molecule has 0 N–H and O–H groups in total. The third kappa shape index (κ3) is 3.99. The Hall–Kier alpha value is -2.83. The van der Waals surface area contributed by atoms with Gasteiger partial charge in [-0.2, -0.15) is 4.98 Å². The molecule has 0 saturated carbocycles. The van der Waals surface area contributed by atoms with Gasteiger partial charge in [-0.1, -0.05) is 17.3 Å². The van der Waals surface area contributed by atoms with Gasteiger partial charge in [0, 0.05) is 6.07 Å². The molecule has 132 valence electrons. The number of benzene rings is 1. The highest BCUT2D eigenvalue weighted by atomic mass is 16.6. The van der Waals surface area contributed by atoms with Crippen LogP contribution in [0.3, 0.4) is 0 Å². The Bertz CT molecular complexity index is 769. The van der Waals surface area contributed by atoms with E-state index in [4.69, 9.17) is 18.7 Å². The van der Waals surface area contributed by atoms with Gasteiger partial charge in [-0.3, -0.25) is 4.79 Å². The molecule has 1 aliphatic carbocycles. The molecule has 2 aromatic rings. The number of hydrogen-bond acceptors (Lipinski definition) is 7. The second kappa shape index (κ2) is 7.83. The van der Waals surface area contributed by atoms with Crippen LogP contribution in [-0.4, -0.2) is 30.3 Å². The number of aromatic nitrogens is 2. The summed E-state index contributed by atoms with van der Waals surface area (Å²) in [5.74, 6) is 1.52. The first-order chi connectivity index (χ1) is 12.2. The molecule has 1 atom stereocenters. The number of ether oxygens (including phenoxy) is 3. The van der Waals surface area contributed by atoms with Crippen molar-refractivity contribution in [3.63, 3.8) is 0 Å². The van der Waals surface area contributed by atoms with Crippen LogP contribution in [0, 0.1) is 5.92 Å². The summed E-state index contributed by atoms with van der Waals surface area (Å²) in [7, 11) is 3.14. The maximum atomic E-state index is 12.0. The molecule has 7 heteroatoms. The van der Waals surface area contributed by atoms with Gasteiger partial charge in [0.15, 0.2) is 6.61 Å². The van der Waals surface area contributed by atoms with Crippen molar-refractivity contribution in [3.05, 3.63) is 36.2 Å². The number of methoxy groups -OCH3 is 2. The number of carbonyl (C=O) groups is 1. The monoisotopic (exact) mass is 344 g/mol. The van der Waals surface area contributed by atoms with Gasteiger partial charge in [-0.15, -0.1) is 0 Å². The van der Waals surface area contributed by atoms with Gasteiger partial charge in [0.1, 0.15) is 11.5 Å². The van der Waals surface area contributed by atoms with E-state index >= 15 is 0 Å². The van der Waals surface area contributed by atoms with Crippen molar-refractivity contribution in [2.24, 2.45) is 5.92 Å². The minimum Gasteiger partial charge on any atom is -0.497 e. The lowest BCUT2D eigenvalue weighted by Gasteiger charge is -2.15. The van der Waals surface area contributed by atoms with Gasteiger partial charge in [-0.25, -0.2) is 0 Å². The van der Waals surface area contributed by atoms with Crippen LogP contribution in [-0.2, 0) is 16.1 Å². The minimum atomic E-state index is -0.230. The lowest BCUT2D eigenvalue weighted by molar-refractivity contribution is -0.150. The highest BCUT2D eigenvalue weighted by Gasteiger charge is 2.21. The van der Waals surface area contributed by atoms with Crippen molar-refractivity contribution in [2.45, 2.75) is 25.9 Å². The van der Waals surface area contributed by atoms with Crippen molar-refractivity contribution < 1.29 is 23.5 Å². The van der Waals surface area contributed by atoms with Gasteiger partial charge in [0.05, 0.1) is 25.7 Å².